The van der Waals surface area contributed by atoms with Gasteiger partial charge in [-0.25, -0.2) is 18.0 Å². The molecule has 49 heavy (non-hydrogen) atoms. The van der Waals surface area contributed by atoms with Crippen LogP contribution in [0.5, 0.6) is 5.75 Å². The van der Waals surface area contributed by atoms with Crippen LogP contribution in [-0.4, -0.2) is 44.2 Å². The summed E-state index contributed by atoms with van der Waals surface area (Å²) < 4.78 is 43.0. The fourth-order valence-electron chi connectivity index (χ4n) is 5.69. The number of carbonyl (C=O) groups is 2. The molecule has 2 aromatic carbocycles. The first-order chi connectivity index (χ1) is 22.6. The van der Waals surface area contributed by atoms with E-state index in [1.165, 1.54) is 5.41 Å². The SMILES string of the molecule is CC(C)(C)OC(=O)COc1c(C(=O)OC(C)(C)C)sc(-c2cccc(N[C@H]3CCC(=CS(=O)(=O)Cc4cccc(N)c4)C(C)(C)C3)c2)c1Cl. The van der Waals surface area contributed by atoms with Crippen molar-refractivity contribution in [1.29, 1.82) is 0 Å². The van der Waals surface area contributed by atoms with Gasteiger partial charge in [0.25, 0.3) is 0 Å². The molecule has 0 amide bonds. The highest BCUT2D eigenvalue weighted by Crippen LogP contribution is 2.47. The predicted octanol–water partition coefficient (Wildman–Crippen LogP) is 8.82. The van der Waals surface area contributed by atoms with Crippen LogP contribution in [0.1, 0.15) is 89.9 Å². The van der Waals surface area contributed by atoms with Crippen molar-refractivity contribution >= 4 is 56.1 Å². The normalized spacial score (nSPS) is 17.4. The zero-order chi connectivity index (χ0) is 36.4. The summed E-state index contributed by atoms with van der Waals surface area (Å²) in [5.41, 5.74) is 7.73. The van der Waals surface area contributed by atoms with Crippen molar-refractivity contribution in [2.45, 2.75) is 97.6 Å². The molecule has 3 N–H and O–H groups in total. The van der Waals surface area contributed by atoms with Crippen LogP contribution in [0.15, 0.2) is 59.5 Å². The van der Waals surface area contributed by atoms with Gasteiger partial charge in [0.1, 0.15) is 16.2 Å². The summed E-state index contributed by atoms with van der Waals surface area (Å²) in [4.78, 5) is 26.4. The molecule has 266 valence electrons. The Kier molecular flexibility index (Phi) is 11.5. The van der Waals surface area contributed by atoms with Crippen molar-refractivity contribution in [2.24, 2.45) is 5.41 Å². The average Bonchev–Trinajstić information content (AvgIpc) is 3.27. The number of benzene rings is 2. The Labute approximate surface area is 299 Å². The molecule has 0 aliphatic heterocycles. The second kappa shape index (κ2) is 14.7. The van der Waals surface area contributed by atoms with Gasteiger partial charge in [-0.1, -0.05) is 55.3 Å². The molecular formula is C37H47ClN2O7S2. The second-order valence-electron chi connectivity index (χ2n) is 15.0. The first kappa shape index (κ1) is 38.3. The van der Waals surface area contributed by atoms with Gasteiger partial charge in [-0.15, -0.1) is 11.3 Å². The number of nitrogens with two attached hydrogens (primary N) is 1. The quantitative estimate of drug-likeness (QED) is 0.155. The molecule has 4 rings (SSSR count). The molecule has 0 unspecified atom stereocenters. The number of sulfone groups is 1. The smallest absolute Gasteiger partial charge is 0.352 e. The molecule has 0 radical (unpaired) electrons. The summed E-state index contributed by atoms with van der Waals surface area (Å²) in [6.07, 6.45) is 2.11. The van der Waals surface area contributed by atoms with E-state index in [0.29, 0.717) is 22.5 Å². The maximum absolute atomic E-state index is 13.2. The number of nitrogens with one attached hydrogen (secondary N) is 1. The molecule has 12 heteroatoms. The molecule has 1 aliphatic carbocycles. The molecule has 0 bridgehead atoms. The summed E-state index contributed by atoms with van der Waals surface area (Å²) in [6, 6.07) is 14.7. The third-order valence-corrected chi connectivity index (χ3v) is 10.7. The summed E-state index contributed by atoms with van der Waals surface area (Å²) in [6.45, 7) is 14.3. The van der Waals surface area contributed by atoms with Crippen molar-refractivity contribution in [3.63, 3.8) is 0 Å². The lowest BCUT2D eigenvalue weighted by atomic mass is 9.72. The first-order valence-electron chi connectivity index (χ1n) is 16.2. The molecule has 1 atom stereocenters. The fraction of sp³-hybridized carbons (Fsp3) is 0.459. The number of rotatable bonds is 10. The molecular weight excluding hydrogens is 684 g/mol. The lowest BCUT2D eigenvalue weighted by Crippen LogP contribution is -2.34. The van der Waals surface area contributed by atoms with Crippen LogP contribution in [0, 0.1) is 5.41 Å². The first-order valence-corrected chi connectivity index (χ1v) is 19.1. The van der Waals surface area contributed by atoms with Crippen molar-refractivity contribution < 1.29 is 32.2 Å². The van der Waals surface area contributed by atoms with Gasteiger partial charge in [-0.2, -0.15) is 0 Å². The average molecular weight is 731 g/mol. The Morgan fingerprint density at radius 2 is 1.71 bits per heavy atom. The molecule has 3 aromatic rings. The molecule has 1 saturated carbocycles. The third kappa shape index (κ3) is 11.0. The van der Waals surface area contributed by atoms with Gasteiger partial charge in [0.2, 0.25) is 0 Å². The van der Waals surface area contributed by atoms with E-state index in [2.05, 4.69) is 19.2 Å². The lowest BCUT2D eigenvalue weighted by molar-refractivity contribution is -0.157. The maximum atomic E-state index is 13.2. The van der Waals surface area contributed by atoms with Crippen LogP contribution in [0.2, 0.25) is 5.02 Å². The Bertz CT molecular complexity index is 1830. The Morgan fingerprint density at radius 1 is 1.04 bits per heavy atom. The van der Waals surface area contributed by atoms with Gasteiger partial charge in [0.05, 0.1) is 10.6 Å². The number of nitrogen functional groups attached to an aromatic ring is 1. The zero-order valence-corrected chi connectivity index (χ0v) is 31.8. The van der Waals surface area contributed by atoms with Crippen LogP contribution in [-0.2, 0) is 29.9 Å². The van der Waals surface area contributed by atoms with Crippen molar-refractivity contribution in [2.75, 3.05) is 17.7 Å². The number of allylic oxidation sites excluding steroid dienone is 1. The molecule has 1 aliphatic rings. The van der Waals surface area contributed by atoms with E-state index in [0.717, 1.165) is 41.0 Å². The highest BCUT2D eigenvalue weighted by Gasteiger charge is 2.34. The van der Waals surface area contributed by atoms with Gasteiger partial charge in [0, 0.05) is 22.8 Å². The number of thiophene rings is 1. The largest absolute Gasteiger partial charge is 0.479 e. The van der Waals surface area contributed by atoms with E-state index in [1.807, 2.05) is 24.3 Å². The van der Waals surface area contributed by atoms with Gasteiger partial charge in [0.15, 0.2) is 27.1 Å². The second-order valence-corrected chi connectivity index (χ2v) is 18.3. The van der Waals surface area contributed by atoms with E-state index >= 15 is 0 Å². The number of hydrogen-bond acceptors (Lipinski definition) is 10. The summed E-state index contributed by atoms with van der Waals surface area (Å²) in [5.74, 6) is -1.23. The van der Waals surface area contributed by atoms with Crippen molar-refractivity contribution in [3.05, 3.63) is 75.0 Å². The van der Waals surface area contributed by atoms with Gasteiger partial charge in [-0.05, 0) is 102 Å². The number of carbonyl (C=O) groups excluding carboxylic acids is 2. The number of anilines is 2. The zero-order valence-electron chi connectivity index (χ0n) is 29.4. The van der Waals surface area contributed by atoms with Gasteiger partial charge in [-0.3, -0.25) is 0 Å². The number of halogens is 1. The Morgan fingerprint density at radius 3 is 2.35 bits per heavy atom. The lowest BCUT2D eigenvalue weighted by Gasteiger charge is -2.38. The Hall–Kier alpha value is -3.54. The minimum atomic E-state index is -3.49. The Balaban J connectivity index is 1.53. The highest BCUT2D eigenvalue weighted by molar-refractivity contribution is 7.93. The molecule has 9 nitrogen and oxygen atoms in total. The molecule has 0 saturated heterocycles. The molecule has 1 aromatic heterocycles. The molecule has 1 fully saturated rings. The van der Waals surface area contributed by atoms with E-state index in [1.54, 1.807) is 65.8 Å². The van der Waals surface area contributed by atoms with Gasteiger partial charge < -0.3 is 25.3 Å². The minimum Gasteiger partial charge on any atom is -0.479 e. The van der Waals surface area contributed by atoms with Crippen molar-refractivity contribution in [3.8, 4) is 16.2 Å². The van der Waals surface area contributed by atoms with Crippen LogP contribution < -0.4 is 15.8 Å². The number of esters is 2. The summed E-state index contributed by atoms with van der Waals surface area (Å²) in [5, 5.41) is 5.27. The summed E-state index contributed by atoms with van der Waals surface area (Å²) in [7, 11) is -3.49. The van der Waals surface area contributed by atoms with E-state index < -0.39 is 39.6 Å². The number of ether oxygens (including phenoxy) is 3. The van der Waals surface area contributed by atoms with Crippen molar-refractivity contribution in [1.82, 2.24) is 0 Å². The molecule has 0 spiro atoms. The van der Waals surface area contributed by atoms with Crippen LogP contribution in [0.3, 0.4) is 0 Å². The van der Waals surface area contributed by atoms with Gasteiger partial charge >= 0.3 is 11.9 Å². The standard InChI is InChI=1S/C37H47ClN2O7S2/c1-35(2,3)46-29(41)20-45-31-30(38)32(48-33(31)34(42)47-36(4,5)6)24-12-10-14-27(18-24)40-28-16-15-25(37(7,8)19-28)22-49(43,44)21-23-11-9-13-26(39)17-23/h9-14,17-18,22,28,40H,15-16,19-21,39H2,1-8H3/t28-/m0/s1. The minimum absolute atomic E-state index is 0.0687. The van der Waals surface area contributed by atoms with E-state index in [9.17, 15) is 18.0 Å². The van der Waals surface area contributed by atoms with Crippen LogP contribution in [0.25, 0.3) is 10.4 Å². The fourth-order valence-corrected chi connectivity index (χ4v) is 8.73. The summed E-state index contributed by atoms with van der Waals surface area (Å²) >= 11 is 7.98. The maximum Gasteiger partial charge on any atom is 0.352 e. The molecule has 1 heterocycles. The topological polar surface area (TPSA) is 134 Å². The third-order valence-electron chi connectivity index (χ3n) is 7.67. The highest BCUT2D eigenvalue weighted by atomic mass is 35.5. The predicted molar refractivity (Wildman–Crippen MR) is 198 cm³/mol. The van der Waals surface area contributed by atoms with Crippen LogP contribution >= 0.6 is 22.9 Å². The van der Waals surface area contributed by atoms with E-state index in [-0.39, 0.29) is 32.9 Å². The van der Waals surface area contributed by atoms with Crippen LogP contribution in [0.4, 0.5) is 11.4 Å². The monoisotopic (exact) mass is 730 g/mol. The van der Waals surface area contributed by atoms with E-state index in [4.69, 9.17) is 31.5 Å². The number of hydrogen-bond donors (Lipinski definition) is 2.